The number of rotatable bonds is 5. The van der Waals surface area contributed by atoms with Gasteiger partial charge in [-0.1, -0.05) is 36.6 Å². The summed E-state index contributed by atoms with van der Waals surface area (Å²) in [5, 5.41) is 0.729. The van der Waals surface area contributed by atoms with Crippen LogP contribution in [0.2, 0.25) is 5.02 Å². The maximum absolute atomic E-state index is 12.4. The fraction of sp³-hybridized carbons (Fsp3) is 0.579. The summed E-state index contributed by atoms with van der Waals surface area (Å²) < 4.78 is 0. The van der Waals surface area contributed by atoms with E-state index in [-0.39, 0.29) is 11.8 Å². The molecule has 1 heterocycles. The lowest BCUT2D eigenvalue weighted by Gasteiger charge is -2.36. The van der Waals surface area contributed by atoms with Crippen molar-refractivity contribution in [3.8, 4) is 0 Å². The van der Waals surface area contributed by atoms with Crippen molar-refractivity contribution in [2.75, 3.05) is 31.9 Å². The van der Waals surface area contributed by atoms with E-state index in [2.05, 4.69) is 0 Å². The average Bonchev–Trinajstić information content (AvgIpc) is 3.16. The van der Waals surface area contributed by atoms with Gasteiger partial charge in [0.1, 0.15) is 0 Å². The predicted octanol–water partition coefficient (Wildman–Crippen LogP) is 3.43. The van der Waals surface area contributed by atoms with Crippen LogP contribution in [0.5, 0.6) is 0 Å². The second-order valence-electron chi connectivity index (χ2n) is 6.81. The highest BCUT2D eigenvalue weighted by molar-refractivity contribution is 7.99. The van der Waals surface area contributed by atoms with Gasteiger partial charge < -0.3 is 9.80 Å². The molecule has 1 saturated carbocycles. The van der Waals surface area contributed by atoms with Crippen LogP contribution in [0, 0.1) is 5.92 Å². The molecule has 0 spiro atoms. The van der Waals surface area contributed by atoms with Gasteiger partial charge in [-0.3, -0.25) is 9.59 Å². The van der Waals surface area contributed by atoms with Gasteiger partial charge in [0.25, 0.3) is 0 Å². The van der Waals surface area contributed by atoms with Gasteiger partial charge in [0.05, 0.1) is 5.75 Å². The Kier molecular flexibility index (Phi) is 6.65. The fourth-order valence-electron chi connectivity index (χ4n) is 3.58. The molecule has 1 aromatic carbocycles. The number of nitrogens with zero attached hydrogens (tertiary/aromatic N) is 2. The second kappa shape index (κ2) is 8.95. The monoisotopic (exact) mass is 380 g/mol. The van der Waals surface area contributed by atoms with Crippen molar-refractivity contribution in [1.82, 2.24) is 9.80 Å². The number of hydrogen-bond donors (Lipinski definition) is 0. The van der Waals surface area contributed by atoms with E-state index >= 15 is 0 Å². The minimum Gasteiger partial charge on any atom is -0.339 e. The summed E-state index contributed by atoms with van der Waals surface area (Å²) in [6, 6.07) is 7.75. The molecule has 1 aliphatic heterocycles. The molecule has 6 heteroatoms. The molecule has 1 aromatic rings. The van der Waals surface area contributed by atoms with E-state index in [1.54, 1.807) is 11.8 Å². The topological polar surface area (TPSA) is 40.6 Å². The summed E-state index contributed by atoms with van der Waals surface area (Å²) in [5.41, 5.74) is 1.14. The van der Waals surface area contributed by atoms with Crippen LogP contribution >= 0.6 is 23.4 Å². The summed E-state index contributed by atoms with van der Waals surface area (Å²) >= 11 is 7.59. The molecule has 2 amide bonds. The lowest BCUT2D eigenvalue weighted by Crippen LogP contribution is -2.52. The van der Waals surface area contributed by atoms with Gasteiger partial charge in [-0.05, 0) is 30.5 Å². The third kappa shape index (κ3) is 5.14. The Morgan fingerprint density at radius 3 is 2.44 bits per heavy atom. The SMILES string of the molecule is O=C(CSCc1cccc(Cl)c1)N1CCN(C(=O)C2CCCC2)CC1. The Morgan fingerprint density at radius 2 is 1.76 bits per heavy atom. The van der Waals surface area contributed by atoms with Gasteiger partial charge >= 0.3 is 0 Å². The van der Waals surface area contributed by atoms with Crippen LogP contribution < -0.4 is 0 Å². The normalized spacial score (nSPS) is 18.6. The van der Waals surface area contributed by atoms with Gasteiger partial charge in [0.15, 0.2) is 0 Å². The molecule has 2 aliphatic rings. The lowest BCUT2D eigenvalue weighted by molar-refractivity contribution is -0.141. The van der Waals surface area contributed by atoms with Crippen molar-refractivity contribution >= 4 is 35.2 Å². The first-order valence-corrected chi connectivity index (χ1v) is 10.6. The number of thioether (sulfide) groups is 1. The van der Waals surface area contributed by atoms with Crippen LogP contribution in [0.1, 0.15) is 31.2 Å². The number of carbonyl (C=O) groups excluding carboxylic acids is 2. The molecule has 136 valence electrons. The van der Waals surface area contributed by atoms with E-state index in [4.69, 9.17) is 11.6 Å². The van der Waals surface area contributed by atoms with Crippen molar-refractivity contribution in [2.24, 2.45) is 5.92 Å². The summed E-state index contributed by atoms with van der Waals surface area (Å²) in [5.74, 6) is 1.96. The van der Waals surface area contributed by atoms with E-state index in [0.29, 0.717) is 37.8 Å². The number of benzene rings is 1. The minimum absolute atomic E-state index is 0.167. The van der Waals surface area contributed by atoms with Crippen LogP contribution in [0.3, 0.4) is 0 Å². The molecule has 0 radical (unpaired) electrons. The lowest BCUT2D eigenvalue weighted by atomic mass is 10.1. The largest absolute Gasteiger partial charge is 0.339 e. The van der Waals surface area contributed by atoms with Gasteiger partial charge in [-0.2, -0.15) is 0 Å². The number of amides is 2. The number of piperazine rings is 1. The van der Waals surface area contributed by atoms with Gasteiger partial charge in [0.2, 0.25) is 11.8 Å². The van der Waals surface area contributed by atoms with Crippen LogP contribution in [0.25, 0.3) is 0 Å². The van der Waals surface area contributed by atoms with E-state index < -0.39 is 0 Å². The van der Waals surface area contributed by atoms with Crippen LogP contribution in [0.4, 0.5) is 0 Å². The van der Waals surface area contributed by atoms with Gasteiger partial charge in [0, 0.05) is 42.9 Å². The highest BCUT2D eigenvalue weighted by Gasteiger charge is 2.30. The number of hydrogen-bond acceptors (Lipinski definition) is 3. The summed E-state index contributed by atoms with van der Waals surface area (Å²) in [7, 11) is 0. The fourth-order valence-corrected chi connectivity index (χ4v) is 4.67. The zero-order valence-electron chi connectivity index (χ0n) is 14.5. The first-order chi connectivity index (χ1) is 12.1. The second-order valence-corrected chi connectivity index (χ2v) is 8.23. The molecular weight excluding hydrogens is 356 g/mol. The Labute approximate surface area is 158 Å². The zero-order chi connectivity index (χ0) is 17.6. The van der Waals surface area contributed by atoms with Crippen LogP contribution in [0.15, 0.2) is 24.3 Å². The predicted molar refractivity (Wildman–Crippen MR) is 103 cm³/mol. The molecule has 1 saturated heterocycles. The molecule has 0 N–H and O–H groups in total. The Bertz CT molecular complexity index is 611. The molecule has 25 heavy (non-hydrogen) atoms. The smallest absolute Gasteiger partial charge is 0.232 e. The summed E-state index contributed by atoms with van der Waals surface area (Å²) in [6.07, 6.45) is 4.44. The van der Waals surface area contributed by atoms with E-state index in [1.807, 2.05) is 34.1 Å². The Morgan fingerprint density at radius 1 is 1.08 bits per heavy atom. The molecule has 0 atom stereocenters. The highest BCUT2D eigenvalue weighted by atomic mass is 35.5. The van der Waals surface area contributed by atoms with Crippen molar-refractivity contribution in [3.05, 3.63) is 34.9 Å². The zero-order valence-corrected chi connectivity index (χ0v) is 16.0. The van der Waals surface area contributed by atoms with E-state index in [0.717, 1.165) is 29.2 Å². The standard InChI is InChI=1S/C19H25ClN2O2S/c20-17-7-3-4-15(12-17)13-25-14-18(23)21-8-10-22(11-9-21)19(24)16-5-1-2-6-16/h3-4,7,12,16H,1-2,5-6,8-11,13-14H2. The first kappa shape index (κ1) is 18.6. The summed E-state index contributed by atoms with van der Waals surface area (Å²) in [4.78, 5) is 28.7. The van der Waals surface area contributed by atoms with Gasteiger partial charge in [-0.25, -0.2) is 0 Å². The van der Waals surface area contributed by atoms with Crippen LogP contribution in [-0.2, 0) is 15.3 Å². The molecule has 0 aromatic heterocycles. The third-order valence-electron chi connectivity index (χ3n) is 5.03. The van der Waals surface area contributed by atoms with Crippen molar-refractivity contribution < 1.29 is 9.59 Å². The Hall–Kier alpha value is -1.20. The molecule has 0 bridgehead atoms. The van der Waals surface area contributed by atoms with Crippen molar-refractivity contribution in [1.29, 1.82) is 0 Å². The Balaban J connectivity index is 1.38. The van der Waals surface area contributed by atoms with Crippen LogP contribution in [-0.4, -0.2) is 53.5 Å². The third-order valence-corrected chi connectivity index (χ3v) is 6.26. The highest BCUT2D eigenvalue weighted by Crippen LogP contribution is 2.27. The molecular formula is C19H25ClN2O2S. The average molecular weight is 381 g/mol. The van der Waals surface area contributed by atoms with Crippen molar-refractivity contribution in [2.45, 2.75) is 31.4 Å². The molecule has 0 unspecified atom stereocenters. The summed E-state index contributed by atoms with van der Waals surface area (Å²) in [6.45, 7) is 2.68. The molecule has 2 fully saturated rings. The van der Waals surface area contributed by atoms with Gasteiger partial charge in [-0.15, -0.1) is 11.8 Å². The number of carbonyl (C=O) groups is 2. The maximum Gasteiger partial charge on any atom is 0.232 e. The molecule has 1 aliphatic carbocycles. The van der Waals surface area contributed by atoms with E-state index in [1.165, 1.54) is 12.8 Å². The molecule has 4 nitrogen and oxygen atoms in total. The molecule has 3 rings (SSSR count). The minimum atomic E-state index is 0.167. The van der Waals surface area contributed by atoms with Crippen molar-refractivity contribution in [3.63, 3.8) is 0 Å². The first-order valence-electron chi connectivity index (χ1n) is 9.02. The maximum atomic E-state index is 12.4. The quantitative estimate of drug-likeness (QED) is 0.785. The number of halogens is 1. The van der Waals surface area contributed by atoms with E-state index in [9.17, 15) is 9.59 Å².